The van der Waals surface area contributed by atoms with Gasteiger partial charge in [0.1, 0.15) is 0 Å². The van der Waals surface area contributed by atoms with Crippen LogP contribution in [0.1, 0.15) is 17.5 Å². The number of halogens is 1. The quantitative estimate of drug-likeness (QED) is 0.769. The van der Waals surface area contributed by atoms with E-state index in [2.05, 4.69) is 0 Å². The zero-order valence-corrected chi connectivity index (χ0v) is 10.5. The Hall–Kier alpha value is -0.190. The molecule has 82 valence electrons. The molecule has 0 aromatic heterocycles. The zero-order chi connectivity index (χ0) is 10.9. The second kappa shape index (κ2) is 4.36. The van der Waals surface area contributed by atoms with Gasteiger partial charge in [-0.15, -0.1) is 11.8 Å². The minimum Gasteiger partial charge on any atom is -0.212 e. The summed E-state index contributed by atoms with van der Waals surface area (Å²) in [5, 5.41) is 0. The number of hydrogen-bond donors (Lipinski definition) is 0. The van der Waals surface area contributed by atoms with Gasteiger partial charge in [-0.1, -0.05) is 12.1 Å². The maximum atomic E-state index is 11.0. The van der Waals surface area contributed by atoms with Gasteiger partial charge in [0.05, 0.1) is 5.75 Å². The molecule has 0 saturated carbocycles. The highest BCUT2D eigenvalue weighted by Gasteiger charge is 2.16. The predicted octanol–water partition coefficient (Wildman–Crippen LogP) is 2.79. The van der Waals surface area contributed by atoms with E-state index >= 15 is 0 Å². The standard InChI is InChI=1S/C10H11ClO2S2/c11-15(12,13)7-8-3-1-5-10-9(8)4-2-6-14-10/h1,3,5H,2,4,6-7H2. The summed E-state index contributed by atoms with van der Waals surface area (Å²) in [7, 11) is 1.83. The lowest BCUT2D eigenvalue weighted by molar-refractivity contribution is 0.608. The second-order valence-electron chi connectivity index (χ2n) is 3.53. The van der Waals surface area contributed by atoms with E-state index in [1.807, 2.05) is 18.2 Å². The molecule has 5 heteroatoms. The number of hydrogen-bond acceptors (Lipinski definition) is 3. The van der Waals surface area contributed by atoms with E-state index in [4.69, 9.17) is 10.7 Å². The lowest BCUT2D eigenvalue weighted by Crippen LogP contribution is -2.05. The van der Waals surface area contributed by atoms with Crippen LogP contribution >= 0.6 is 22.4 Å². The third kappa shape index (κ3) is 2.89. The first-order valence-electron chi connectivity index (χ1n) is 4.72. The van der Waals surface area contributed by atoms with Crippen LogP contribution in [-0.2, 0) is 21.2 Å². The van der Waals surface area contributed by atoms with Crippen LogP contribution in [0.15, 0.2) is 23.1 Å². The molecule has 1 heterocycles. The van der Waals surface area contributed by atoms with Gasteiger partial charge in [0, 0.05) is 15.6 Å². The number of rotatable bonds is 2. The molecule has 0 amide bonds. The van der Waals surface area contributed by atoms with Crippen molar-refractivity contribution in [3.8, 4) is 0 Å². The van der Waals surface area contributed by atoms with Crippen LogP contribution in [0.25, 0.3) is 0 Å². The summed E-state index contributed by atoms with van der Waals surface area (Å²) >= 11 is 1.79. The van der Waals surface area contributed by atoms with Crippen molar-refractivity contribution >= 4 is 31.5 Å². The topological polar surface area (TPSA) is 34.1 Å². The van der Waals surface area contributed by atoms with Crippen molar-refractivity contribution in [2.75, 3.05) is 5.75 Å². The smallest absolute Gasteiger partial charge is 0.212 e. The van der Waals surface area contributed by atoms with Crippen LogP contribution in [0.3, 0.4) is 0 Å². The highest BCUT2D eigenvalue weighted by atomic mass is 35.7. The molecule has 2 nitrogen and oxygen atoms in total. The first-order chi connectivity index (χ1) is 7.06. The highest BCUT2D eigenvalue weighted by Crippen LogP contribution is 2.32. The number of benzene rings is 1. The lowest BCUT2D eigenvalue weighted by atomic mass is 10.0. The Morgan fingerprint density at radius 3 is 2.93 bits per heavy atom. The molecule has 1 aromatic carbocycles. The van der Waals surface area contributed by atoms with Crippen LogP contribution in [0.2, 0.25) is 0 Å². The molecule has 0 fully saturated rings. The van der Waals surface area contributed by atoms with Crippen molar-refractivity contribution in [1.82, 2.24) is 0 Å². The van der Waals surface area contributed by atoms with Gasteiger partial charge in [-0.25, -0.2) is 8.42 Å². The van der Waals surface area contributed by atoms with Gasteiger partial charge < -0.3 is 0 Å². The van der Waals surface area contributed by atoms with E-state index in [0.717, 1.165) is 29.7 Å². The van der Waals surface area contributed by atoms with Crippen molar-refractivity contribution in [2.45, 2.75) is 23.5 Å². The SMILES string of the molecule is O=S(=O)(Cl)Cc1cccc2c1CCCS2. The normalized spacial score (nSPS) is 16.1. The molecule has 0 radical (unpaired) electrons. The van der Waals surface area contributed by atoms with Gasteiger partial charge in [-0.3, -0.25) is 0 Å². The Balaban J connectivity index is 2.39. The summed E-state index contributed by atoms with van der Waals surface area (Å²) in [5.41, 5.74) is 2.02. The third-order valence-electron chi connectivity index (χ3n) is 2.39. The molecule has 0 saturated heterocycles. The fourth-order valence-corrected chi connectivity index (χ4v) is 3.87. The van der Waals surface area contributed by atoms with Crippen LogP contribution in [-0.4, -0.2) is 14.2 Å². The summed E-state index contributed by atoms with van der Waals surface area (Å²) in [6.45, 7) is 0. The molecular weight excluding hydrogens is 252 g/mol. The molecule has 0 aliphatic carbocycles. The van der Waals surface area contributed by atoms with E-state index in [0.29, 0.717) is 0 Å². The molecule has 0 atom stereocenters. The van der Waals surface area contributed by atoms with Gasteiger partial charge in [0.2, 0.25) is 9.05 Å². The molecule has 2 rings (SSSR count). The van der Waals surface area contributed by atoms with Crippen molar-refractivity contribution < 1.29 is 8.42 Å². The first kappa shape index (κ1) is 11.3. The second-order valence-corrected chi connectivity index (χ2v) is 7.44. The van der Waals surface area contributed by atoms with E-state index in [-0.39, 0.29) is 5.75 Å². The molecule has 1 aliphatic heterocycles. The van der Waals surface area contributed by atoms with Gasteiger partial charge in [-0.2, -0.15) is 0 Å². The van der Waals surface area contributed by atoms with Gasteiger partial charge in [0.15, 0.2) is 0 Å². The summed E-state index contributed by atoms with van der Waals surface area (Å²) in [6, 6.07) is 5.79. The highest BCUT2D eigenvalue weighted by molar-refractivity contribution is 8.13. The Kier molecular flexibility index (Phi) is 3.28. The van der Waals surface area contributed by atoms with E-state index < -0.39 is 9.05 Å². The first-order valence-corrected chi connectivity index (χ1v) is 8.18. The molecule has 0 spiro atoms. The Morgan fingerprint density at radius 1 is 1.40 bits per heavy atom. The molecular formula is C10H11ClO2S2. The van der Waals surface area contributed by atoms with Crippen molar-refractivity contribution in [1.29, 1.82) is 0 Å². The van der Waals surface area contributed by atoms with E-state index in [9.17, 15) is 8.42 Å². The monoisotopic (exact) mass is 262 g/mol. The van der Waals surface area contributed by atoms with Gasteiger partial charge in [0.25, 0.3) is 0 Å². The molecule has 0 unspecified atom stereocenters. The Bertz CT molecular complexity index is 468. The third-order valence-corrected chi connectivity index (χ3v) is 4.56. The van der Waals surface area contributed by atoms with Crippen molar-refractivity contribution in [3.05, 3.63) is 29.3 Å². The molecule has 0 bridgehead atoms. The fourth-order valence-electron chi connectivity index (χ4n) is 1.78. The van der Waals surface area contributed by atoms with Gasteiger partial charge >= 0.3 is 0 Å². The van der Waals surface area contributed by atoms with Crippen LogP contribution in [0.5, 0.6) is 0 Å². The van der Waals surface area contributed by atoms with Crippen LogP contribution < -0.4 is 0 Å². The lowest BCUT2D eigenvalue weighted by Gasteiger charge is -2.17. The van der Waals surface area contributed by atoms with Gasteiger partial charge in [-0.05, 0) is 35.8 Å². The summed E-state index contributed by atoms with van der Waals surface area (Å²) in [4.78, 5) is 1.21. The predicted molar refractivity (Wildman–Crippen MR) is 64.0 cm³/mol. The number of thioether (sulfide) groups is 1. The average Bonchev–Trinajstić information content (AvgIpc) is 2.16. The fraction of sp³-hybridized carbons (Fsp3) is 0.400. The van der Waals surface area contributed by atoms with Crippen molar-refractivity contribution in [2.24, 2.45) is 0 Å². The largest absolute Gasteiger partial charge is 0.236 e. The minimum absolute atomic E-state index is 0.0573. The summed E-state index contributed by atoms with van der Waals surface area (Å²) in [6.07, 6.45) is 2.07. The summed E-state index contributed by atoms with van der Waals surface area (Å²) in [5.74, 6) is 1.06. The molecule has 15 heavy (non-hydrogen) atoms. The average molecular weight is 263 g/mol. The Morgan fingerprint density at radius 2 is 2.20 bits per heavy atom. The minimum atomic E-state index is -3.45. The maximum absolute atomic E-state index is 11.0. The Labute approximate surface area is 98.4 Å². The maximum Gasteiger partial charge on any atom is 0.236 e. The molecule has 1 aliphatic rings. The summed E-state index contributed by atoms with van der Waals surface area (Å²) < 4.78 is 22.1. The zero-order valence-electron chi connectivity index (χ0n) is 8.07. The van der Waals surface area contributed by atoms with Crippen molar-refractivity contribution in [3.63, 3.8) is 0 Å². The van der Waals surface area contributed by atoms with Crippen LogP contribution in [0, 0.1) is 0 Å². The van der Waals surface area contributed by atoms with Crippen LogP contribution in [0.4, 0.5) is 0 Å². The number of fused-ring (bicyclic) bond motifs is 1. The van der Waals surface area contributed by atoms with E-state index in [1.165, 1.54) is 4.90 Å². The van der Waals surface area contributed by atoms with E-state index in [1.54, 1.807) is 11.8 Å². The molecule has 1 aromatic rings. The molecule has 0 N–H and O–H groups in total.